The van der Waals surface area contributed by atoms with E-state index in [1.807, 2.05) is 25.1 Å². The molecule has 17 heavy (non-hydrogen) atoms. The zero-order valence-electron chi connectivity index (χ0n) is 10.1. The largest absolute Gasteiger partial charge is 0.384 e. The van der Waals surface area contributed by atoms with Crippen molar-refractivity contribution < 1.29 is 0 Å². The van der Waals surface area contributed by atoms with Gasteiger partial charge in [-0.2, -0.15) is 0 Å². The van der Waals surface area contributed by atoms with E-state index in [0.29, 0.717) is 5.82 Å². The predicted molar refractivity (Wildman–Crippen MR) is 69.0 cm³/mol. The van der Waals surface area contributed by atoms with E-state index < -0.39 is 0 Å². The Kier molecular flexibility index (Phi) is 3.04. The molecule has 0 aliphatic rings. The molecule has 0 aliphatic heterocycles. The number of anilines is 1. The first kappa shape index (κ1) is 11.5. The van der Waals surface area contributed by atoms with Gasteiger partial charge >= 0.3 is 0 Å². The summed E-state index contributed by atoms with van der Waals surface area (Å²) >= 11 is 0. The predicted octanol–water partition coefficient (Wildman–Crippen LogP) is 2.12. The number of nitrogens with zero attached hydrogens (tertiary/aromatic N) is 1. The average molecular weight is 231 g/mol. The molecular formula is C13H17N3O. The fraction of sp³-hybridized carbons (Fsp3) is 0.308. The maximum atomic E-state index is 11.7. The summed E-state index contributed by atoms with van der Waals surface area (Å²) in [5.41, 5.74) is 6.70. The Morgan fingerprint density at radius 3 is 2.41 bits per heavy atom. The first-order valence-electron chi connectivity index (χ1n) is 5.71. The molecule has 90 valence electrons. The number of nitrogens with two attached hydrogens (primary N) is 1. The second kappa shape index (κ2) is 4.49. The van der Waals surface area contributed by atoms with Gasteiger partial charge in [0.25, 0.3) is 5.56 Å². The maximum absolute atomic E-state index is 11.7. The van der Waals surface area contributed by atoms with Gasteiger partial charge in [0.1, 0.15) is 5.82 Å². The maximum Gasteiger partial charge on any atom is 0.268 e. The number of nitrogens with one attached hydrogen (secondary N) is 1. The van der Waals surface area contributed by atoms with Crippen molar-refractivity contribution in [1.29, 1.82) is 0 Å². The lowest BCUT2D eigenvalue weighted by Gasteiger charge is -2.20. The van der Waals surface area contributed by atoms with Gasteiger partial charge in [-0.25, -0.2) is 4.68 Å². The van der Waals surface area contributed by atoms with E-state index >= 15 is 0 Å². The molecule has 0 saturated heterocycles. The first-order chi connectivity index (χ1) is 8.09. The molecule has 1 heterocycles. The number of nitrogen functional groups attached to an aromatic ring is 1. The Labute approximate surface area is 100 Å². The molecular weight excluding hydrogens is 214 g/mol. The first-order valence-corrected chi connectivity index (χ1v) is 5.71. The number of aromatic amines is 1. The molecule has 4 nitrogen and oxygen atoms in total. The van der Waals surface area contributed by atoms with Gasteiger partial charge in [-0.15, -0.1) is 0 Å². The molecule has 0 spiro atoms. The standard InChI is InChI=1S/C13H17N3O/c1-9(11-6-4-3-5-7-11)10(2)16-13(17)8-12(14)15-16/h3-10,15H,14H2,1-2H3. The Bertz CT molecular complexity index is 541. The van der Waals surface area contributed by atoms with Gasteiger partial charge in [0.05, 0.1) is 6.04 Å². The van der Waals surface area contributed by atoms with Gasteiger partial charge in [0.15, 0.2) is 0 Å². The van der Waals surface area contributed by atoms with E-state index in [9.17, 15) is 4.79 Å². The highest BCUT2D eigenvalue weighted by Crippen LogP contribution is 2.26. The van der Waals surface area contributed by atoms with E-state index in [0.717, 1.165) is 0 Å². The van der Waals surface area contributed by atoms with Crippen molar-refractivity contribution in [2.75, 3.05) is 5.73 Å². The van der Waals surface area contributed by atoms with Gasteiger partial charge in [-0.1, -0.05) is 37.3 Å². The van der Waals surface area contributed by atoms with Crippen LogP contribution in [0, 0.1) is 0 Å². The molecule has 0 saturated carbocycles. The molecule has 0 radical (unpaired) electrons. The summed E-state index contributed by atoms with van der Waals surface area (Å²) < 4.78 is 1.58. The van der Waals surface area contributed by atoms with Gasteiger partial charge < -0.3 is 5.73 Å². The zero-order valence-corrected chi connectivity index (χ0v) is 10.1. The Balaban J connectivity index is 2.29. The second-order valence-corrected chi connectivity index (χ2v) is 4.36. The van der Waals surface area contributed by atoms with Crippen molar-refractivity contribution in [2.45, 2.75) is 25.8 Å². The molecule has 0 amide bonds. The van der Waals surface area contributed by atoms with Crippen LogP contribution in [0.25, 0.3) is 0 Å². The molecule has 0 bridgehead atoms. The minimum absolute atomic E-state index is 0.0437. The number of rotatable bonds is 3. The SMILES string of the molecule is CC(c1ccccc1)C(C)n1[nH]c(N)cc1=O. The molecule has 1 aromatic heterocycles. The van der Waals surface area contributed by atoms with Crippen molar-refractivity contribution in [1.82, 2.24) is 9.78 Å². The van der Waals surface area contributed by atoms with Gasteiger partial charge in [-0.3, -0.25) is 9.89 Å². The number of H-pyrrole nitrogens is 1. The monoisotopic (exact) mass is 231 g/mol. The van der Waals surface area contributed by atoms with E-state index in [1.54, 1.807) is 4.68 Å². The molecule has 2 atom stereocenters. The minimum Gasteiger partial charge on any atom is -0.384 e. The summed E-state index contributed by atoms with van der Waals surface area (Å²) in [6.07, 6.45) is 0. The smallest absolute Gasteiger partial charge is 0.268 e. The van der Waals surface area contributed by atoms with Crippen molar-refractivity contribution in [2.24, 2.45) is 0 Å². The van der Waals surface area contributed by atoms with Gasteiger partial charge in [-0.05, 0) is 12.5 Å². The van der Waals surface area contributed by atoms with Crippen molar-refractivity contribution >= 4 is 5.82 Å². The van der Waals surface area contributed by atoms with Crippen molar-refractivity contribution in [3.8, 4) is 0 Å². The third-order valence-electron chi connectivity index (χ3n) is 3.22. The molecule has 2 rings (SSSR count). The molecule has 1 aromatic carbocycles. The lowest BCUT2D eigenvalue weighted by atomic mass is 9.95. The number of aromatic nitrogens is 2. The highest BCUT2D eigenvalue weighted by atomic mass is 16.1. The fourth-order valence-electron chi connectivity index (χ4n) is 1.99. The van der Waals surface area contributed by atoms with E-state index in [-0.39, 0.29) is 17.5 Å². The molecule has 0 fully saturated rings. The number of hydrogen-bond donors (Lipinski definition) is 2. The van der Waals surface area contributed by atoms with Crippen LogP contribution in [-0.4, -0.2) is 9.78 Å². The lowest BCUT2D eigenvalue weighted by molar-refractivity contribution is 0.418. The van der Waals surface area contributed by atoms with Gasteiger partial charge in [0, 0.05) is 12.0 Å². The average Bonchev–Trinajstić information content (AvgIpc) is 2.68. The third kappa shape index (κ3) is 2.25. The van der Waals surface area contributed by atoms with E-state index in [4.69, 9.17) is 5.73 Å². The topological polar surface area (TPSA) is 63.8 Å². The Hall–Kier alpha value is -1.97. The number of hydrogen-bond acceptors (Lipinski definition) is 2. The molecule has 0 aliphatic carbocycles. The molecule has 4 heteroatoms. The second-order valence-electron chi connectivity index (χ2n) is 4.36. The van der Waals surface area contributed by atoms with Crippen LogP contribution in [0.4, 0.5) is 5.82 Å². The zero-order chi connectivity index (χ0) is 12.4. The number of benzene rings is 1. The van der Waals surface area contributed by atoms with Crippen molar-refractivity contribution in [3.63, 3.8) is 0 Å². The highest BCUT2D eigenvalue weighted by molar-refractivity contribution is 5.25. The Morgan fingerprint density at radius 1 is 1.24 bits per heavy atom. The lowest BCUT2D eigenvalue weighted by Crippen LogP contribution is -2.23. The molecule has 2 aromatic rings. The van der Waals surface area contributed by atoms with Crippen LogP contribution in [-0.2, 0) is 0 Å². The van der Waals surface area contributed by atoms with Crippen LogP contribution < -0.4 is 11.3 Å². The minimum atomic E-state index is -0.0854. The summed E-state index contributed by atoms with van der Waals surface area (Å²) in [6, 6.07) is 11.6. The summed E-state index contributed by atoms with van der Waals surface area (Å²) in [7, 11) is 0. The Morgan fingerprint density at radius 2 is 1.88 bits per heavy atom. The highest BCUT2D eigenvalue weighted by Gasteiger charge is 2.18. The third-order valence-corrected chi connectivity index (χ3v) is 3.22. The van der Waals surface area contributed by atoms with Crippen LogP contribution in [0.3, 0.4) is 0 Å². The summed E-state index contributed by atoms with van der Waals surface area (Å²) in [6.45, 7) is 4.11. The van der Waals surface area contributed by atoms with Crippen molar-refractivity contribution in [3.05, 3.63) is 52.3 Å². The summed E-state index contributed by atoms with van der Waals surface area (Å²) in [5, 5.41) is 2.88. The van der Waals surface area contributed by atoms with Crippen LogP contribution in [0.2, 0.25) is 0 Å². The summed E-state index contributed by atoms with van der Waals surface area (Å²) in [4.78, 5) is 11.7. The van der Waals surface area contributed by atoms with E-state index in [1.165, 1.54) is 11.6 Å². The van der Waals surface area contributed by atoms with Crippen LogP contribution in [0.1, 0.15) is 31.4 Å². The fourth-order valence-corrected chi connectivity index (χ4v) is 1.99. The summed E-state index contributed by atoms with van der Waals surface area (Å²) in [5.74, 6) is 0.647. The quantitative estimate of drug-likeness (QED) is 0.849. The van der Waals surface area contributed by atoms with E-state index in [2.05, 4.69) is 24.2 Å². The molecule has 2 unspecified atom stereocenters. The van der Waals surface area contributed by atoms with Gasteiger partial charge in [0.2, 0.25) is 0 Å². The molecule has 3 N–H and O–H groups in total. The van der Waals surface area contributed by atoms with Crippen LogP contribution in [0.5, 0.6) is 0 Å². The van der Waals surface area contributed by atoms with Crippen LogP contribution in [0.15, 0.2) is 41.2 Å². The van der Waals surface area contributed by atoms with Crippen LogP contribution >= 0.6 is 0 Å². The normalized spacial score (nSPS) is 14.5.